The molecule has 0 radical (unpaired) electrons. The third-order valence-corrected chi connectivity index (χ3v) is 3.88. The Balaban J connectivity index is 2.59. The maximum atomic E-state index is 12.0. The van der Waals surface area contributed by atoms with Gasteiger partial charge in [-0.15, -0.1) is 0 Å². The van der Waals surface area contributed by atoms with Gasteiger partial charge in [0.25, 0.3) is 0 Å². The zero-order valence-electron chi connectivity index (χ0n) is 11.3. The number of sulfonamides is 1. The summed E-state index contributed by atoms with van der Waals surface area (Å²) >= 11 is 0. The number of anilines is 1. The summed E-state index contributed by atoms with van der Waals surface area (Å²) in [5.74, 6) is 0. The molecule has 0 amide bonds. The summed E-state index contributed by atoms with van der Waals surface area (Å²) in [6, 6.07) is 4.84. The average molecular weight is 284 g/mol. The molecule has 0 aliphatic rings. The Kier molecular flexibility index (Phi) is 5.53. The lowest BCUT2D eigenvalue weighted by Gasteiger charge is -2.10. The van der Waals surface area contributed by atoms with Crippen LogP contribution in [-0.2, 0) is 14.8 Å². The number of benzene rings is 1. The van der Waals surface area contributed by atoms with E-state index < -0.39 is 10.0 Å². The largest absolute Gasteiger partial charge is 0.398 e. The normalized spacial score (nSPS) is 11.5. The number of ether oxygens (including phenoxy) is 1. The van der Waals surface area contributed by atoms with Crippen molar-refractivity contribution in [3.63, 3.8) is 0 Å². The molecule has 6 heteroatoms. The second kappa shape index (κ2) is 6.70. The van der Waals surface area contributed by atoms with E-state index in [-0.39, 0.29) is 23.7 Å². The van der Waals surface area contributed by atoms with E-state index >= 15 is 0 Å². The van der Waals surface area contributed by atoms with Gasteiger partial charge >= 0.3 is 0 Å². The number of rotatable bonds is 7. The van der Waals surface area contributed by atoms with Crippen LogP contribution in [0.5, 0.6) is 0 Å². The quantitative estimate of drug-likeness (QED) is 0.451. The van der Waals surface area contributed by atoms with Crippen molar-refractivity contribution in [2.45, 2.75) is 18.7 Å². The van der Waals surface area contributed by atoms with Crippen LogP contribution in [0.15, 0.2) is 35.2 Å². The molecule has 0 atom stereocenters. The van der Waals surface area contributed by atoms with Gasteiger partial charge in [0, 0.05) is 6.54 Å². The lowest BCUT2D eigenvalue weighted by atomic mass is 10.2. The van der Waals surface area contributed by atoms with E-state index in [0.717, 1.165) is 11.1 Å². The maximum Gasteiger partial charge on any atom is 0.242 e. The van der Waals surface area contributed by atoms with Crippen molar-refractivity contribution in [1.29, 1.82) is 0 Å². The summed E-state index contributed by atoms with van der Waals surface area (Å²) in [5, 5.41) is 0. The number of nitrogen functional groups attached to an aromatic ring is 1. The number of aryl methyl sites for hydroxylation is 1. The van der Waals surface area contributed by atoms with Crippen molar-refractivity contribution in [1.82, 2.24) is 4.72 Å². The Bertz CT molecular complexity index is 553. The smallest absolute Gasteiger partial charge is 0.242 e. The second-order valence-electron chi connectivity index (χ2n) is 4.45. The number of nitrogens with one attached hydrogen (secondary N) is 1. The topological polar surface area (TPSA) is 81.4 Å². The van der Waals surface area contributed by atoms with Crippen LogP contribution in [0.1, 0.15) is 12.5 Å². The second-order valence-corrected chi connectivity index (χ2v) is 6.18. The van der Waals surface area contributed by atoms with Crippen molar-refractivity contribution >= 4 is 15.7 Å². The molecule has 0 saturated heterocycles. The van der Waals surface area contributed by atoms with Gasteiger partial charge in [-0.2, -0.15) is 0 Å². The standard InChI is InChI=1S/C13H20N2O3S/c1-10(2)9-18-7-6-15-19(16,17)13-5-4-11(3)8-12(13)14/h4-5,8,15H,1,6-7,9,14H2,2-3H3. The molecule has 5 nitrogen and oxygen atoms in total. The Morgan fingerprint density at radius 3 is 2.74 bits per heavy atom. The van der Waals surface area contributed by atoms with Crippen molar-refractivity contribution in [2.24, 2.45) is 0 Å². The van der Waals surface area contributed by atoms with Crippen LogP contribution < -0.4 is 10.5 Å². The first-order chi connectivity index (χ1) is 8.83. The van der Waals surface area contributed by atoms with Crippen LogP contribution in [0.25, 0.3) is 0 Å². The molecule has 0 saturated carbocycles. The summed E-state index contributed by atoms with van der Waals surface area (Å²) < 4.78 is 31.7. The fourth-order valence-electron chi connectivity index (χ4n) is 1.48. The Morgan fingerprint density at radius 2 is 2.16 bits per heavy atom. The zero-order valence-corrected chi connectivity index (χ0v) is 12.1. The predicted molar refractivity (Wildman–Crippen MR) is 76.4 cm³/mol. The van der Waals surface area contributed by atoms with E-state index in [0.29, 0.717) is 6.61 Å². The SMILES string of the molecule is C=C(C)COCCNS(=O)(=O)c1ccc(C)cc1N. The first-order valence-electron chi connectivity index (χ1n) is 5.91. The van der Waals surface area contributed by atoms with Crippen LogP contribution >= 0.6 is 0 Å². The molecular weight excluding hydrogens is 264 g/mol. The van der Waals surface area contributed by atoms with Crippen molar-refractivity contribution in [2.75, 3.05) is 25.5 Å². The summed E-state index contributed by atoms with van der Waals surface area (Å²) in [4.78, 5) is 0.0954. The molecule has 0 heterocycles. The van der Waals surface area contributed by atoms with E-state index in [4.69, 9.17) is 10.5 Å². The van der Waals surface area contributed by atoms with Crippen LogP contribution in [0.3, 0.4) is 0 Å². The molecule has 1 aromatic carbocycles. The van der Waals surface area contributed by atoms with Gasteiger partial charge < -0.3 is 10.5 Å². The highest BCUT2D eigenvalue weighted by molar-refractivity contribution is 7.89. The van der Waals surface area contributed by atoms with E-state index in [1.165, 1.54) is 6.07 Å². The van der Waals surface area contributed by atoms with Gasteiger partial charge in [0.1, 0.15) is 4.90 Å². The van der Waals surface area contributed by atoms with Gasteiger partial charge in [0.15, 0.2) is 0 Å². The molecule has 1 rings (SSSR count). The third-order valence-electron chi connectivity index (χ3n) is 2.34. The summed E-state index contributed by atoms with van der Waals surface area (Å²) in [7, 11) is -3.59. The minimum absolute atomic E-state index is 0.0954. The fraction of sp³-hybridized carbons (Fsp3) is 0.385. The molecule has 106 valence electrons. The molecule has 0 spiro atoms. The maximum absolute atomic E-state index is 12.0. The molecular formula is C13H20N2O3S. The number of nitrogens with two attached hydrogens (primary N) is 1. The summed E-state index contributed by atoms with van der Waals surface area (Å²) in [6.45, 7) is 8.30. The average Bonchev–Trinajstić information content (AvgIpc) is 2.27. The minimum atomic E-state index is -3.59. The zero-order chi connectivity index (χ0) is 14.5. The monoisotopic (exact) mass is 284 g/mol. The fourth-order valence-corrected chi connectivity index (χ4v) is 2.61. The molecule has 0 aromatic heterocycles. The van der Waals surface area contributed by atoms with Gasteiger partial charge in [-0.05, 0) is 31.5 Å². The van der Waals surface area contributed by atoms with E-state index in [2.05, 4.69) is 11.3 Å². The van der Waals surface area contributed by atoms with Crippen molar-refractivity contribution in [3.8, 4) is 0 Å². The highest BCUT2D eigenvalue weighted by Gasteiger charge is 2.16. The Labute approximate surface area is 114 Å². The van der Waals surface area contributed by atoms with E-state index in [1.807, 2.05) is 13.8 Å². The highest BCUT2D eigenvalue weighted by Crippen LogP contribution is 2.18. The number of hydrogen-bond donors (Lipinski definition) is 2. The van der Waals surface area contributed by atoms with Crippen molar-refractivity contribution < 1.29 is 13.2 Å². The molecule has 0 bridgehead atoms. The van der Waals surface area contributed by atoms with Crippen LogP contribution in [0, 0.1) is 6.92 Å². The van der Waals surface area contributed by atoms with Crippen LogP contribution in [-0.4, -0.2) is 28.2 Å². The van der Waals surface area contributed by atoms with Gasteiger partial charge in [-0.25, -0.2) is 13.1 Å². The lowest BCUT2D eigenvalue weighted by molar-refractivity contribution is 0.162. The molecule has 0 aliphatic heterocycles. The Morgan fingerprint density at radius 1 is 1.47 bits per heavy atom. The first-order valence-corrected chi connectivity index (χ1v) is 7.39. The molecule has 3 N–H and O–H groups in total. The molecule has 0 fully saturated rings. The Hall–Kier alpha value is -1.37. The predicted octanol–water partition coefficient (Wildman–Crippen LogP) is 1.45. The third kappa shape index (κ3) is 5.02. The van der Waals surface area contributed by atoms with Gasteiger partial charge in [0.2, 0.25) is 10.0 Å². The summed E-state index contributed by atoms with van der Waals surface area (Å²) in [6.07, 6.45) is 0. The number of hydrogen-bond acceptors (Lipinski definition) is 4. The lowest BCUT2D eigenvalue weighted by Crippen LogP contribution is -2.28. The van der Waals surface area contributed by atoms with E-state index in [9.17, 15) is 8.42 Å². The van der Waals surface area contributed by atoms with Crippen molar-refractivity contribution in [3.05, 3.63) is 35.9 Å². The minimum Gasteiger partial charge on any atom is -0.398 e. The molecule has 0 unspecified atom stereocenters. The molecule has 19 heavy (non-hydrogen) atoms. The summed E-state index contributed by atoms with van der Waals surface area (Å²) in [5.41, 5.74) is 7.77. The highest BCUT2D eigenvalue weighted by atomic mass is 32.2. The van der Waals surface area contributed by atoms with Crippen LogP contribution in [0.2, 0.25) is 0 Å². The van der Waals surface area contributed by atoms with Crippen LogP contribution in [0.4, 0.5) is 5.69 Å². The molecule has 0 aliphatic carbocycles. The van der Waals surface area contributed by atoms with Gasteiger partial charge in [-0.3, -0.25) is 0 Å². The van der Waals surface area contributed by atoms with Gasteiger partial charge in [0.05, 0.1) is 18.9 Å². The van der Waals surface area contributed by atoms with Gasteiger partial charge in [-0.1, -0.05) is 18.2 Å². The molecule has 1 aromatic rings. The first kappa shape index (κ1) is 15.7. The van der Waals surface area contributed by atoms with E-state index in [1.54, 1.807) is 12.1 Å².